The molecular formula is C17H20ClNO3S. The minimum absolute atomic E-state index is 0.101. The number of halogens is 1. The van der Waals surface area contributed by atoms with E-state index in [4.69, 9.17) is 16.3 Å². The van der Waals surface area contributed by atoms with Gasteiger partial charge in [0.2, 0.25) is 10.0 Å². The molecule has 23 heavy (non-hydrogen) atoms. The lowest BCUT2D eigenvalue weighted by Crippen LogP contribution is -2.28. The maximum atomic E-state index is 12.0. The van der Waals surface area contributed by atoms with E-state index in [-0.39, 0.29) is 18.9 Å². The standard InChI is InChI=1S/C17H20ClNO3S/c1-2-14-7-9-16(10-8-14)22-11-12-23(20,21)19-13-15-5-3-4-6-17(15)18/h3-10,19H,2,11-13H2,1H3. The lowest BCUT2D eigenvalue weighted by atomic mass is 10.2. The summed E-state index contributed by atoms with van der Waals surface area (Å²) < 4.78 is 31.9. The third-order valence-electron chi connectivity index (χ3n) is 3.39. The van der Waals surface area contributed by atoms with Gasteiger partial charge in [0.25, 0.3) is 0 Å². The molecule has 0 saturated heterocycles. The molecule has 0 spiro atoms. The molecule has 0 aliphatic rings. The largest absolute Gasteiger partial charge is 0.492 e. The zero-order valence-corrected chi connectivity index (χ0v) is 14.5. The highest BCUT2D eigenvalue weighted by Gasteiger charge is 2.11. The Morgan fingerprint density at radius 3 is 2.43 bits per heavy atom. The van der Waals surface area contributed by atoms with Gasteiger partial charge in [0, 0.05) is 11.6 Å². The van der Waals surface area contributed by atoms with E-state index in [9.17, 15) is 8.42 Å². The van der Waals surface area contributed by atoms with Crippen molar-refractivity contribution >= 4 is 21.6 Å². The zero-order chi connectivity index (χ0) is 16.7. The first-order valence-electron chi connectivity index (χ1n) is 7.42. The van der Waals surface area contributed by atoms with Crippen LogP contribution in [0.25, 0.3) is 0 Å². The van der Waals surface area contributed by atoms with Gasteiger partial charge in [-0.15, -0.1) is 0 Å². The van der Waals surface area contributed by atoms with Crippen LogP contribution in [-0.2, 0) is 23.0 Å². The molecule has 0 aromatic heterocycles. The van der Waals surface area contributed by atoms with Crippen molar-refractivity contribution in [3.63, 3.8) is 0 Å². The van der Waals surface area contributed by atoms with Gasteiger partial charge < -0.3 is 4.74 Å². The number of rotatable bonds is 8. The van der Waals surface area contributed by atoms with Gasteiger partial charge in [-0.3, -0.25) is 0 Å². The summed E-state index contributed by atoms with van der Waals surface area (Å²) in [5, 5.41) is 0.544. The summed E-state index contributed by atoms with van der Waals surface area (Å²) in [4.78, 5) is 0. The molecule has 2 aromatic rings. The predicted octanol–water partition coefficient (Wildman–Crippen LogP) is 3.40. The molecular weight excluding hydrogens is 334 g/mol. The number of nitrogens with one attached hydrogen (secondary N) is 1. The minimum Gasteiger partial charge on any atom is -0.492 e. The van der Waals surface area contributed by atoms with E-state index in [0.29, 0.717) is 10.8 Å². The van der Waals surface area contributed by atoms with Crippen LogP contribution in [0, 0.1) is 0 Å². The van der Waals surface area contributed by atoms with Crippen LogP contribution in [0.3, 0.4) is 0 Å². The Bertz CT molecular complexity index is 730. The van der Waals surface area contributed by atoms with Gasteiger partial charge in [-0.25, -0.2) is 13.1 Å². The monoisotopic (exact) mass is 353 g/mol. The molecule has 0 aliphatic carbocycles. The van der Waals surface area contributed by atoms with Crippen LogP contribution in [0.15, 0.2) is 48.5 Å². The summed E-state index contributed by atoms with van der Waals surface area (Å²) in [6.45, 7) is 2.35. The fourth-order valence-corrected chi connectivity index (χ4v) is 3.02. The molecule has 2 rings (SSSR count). The summed E-state index contributed by atoms with van der Waals surface area (Å²) >= 11 is 6.00. The van der Waals surface area contributed by atoms with E-state index < -0.39 is 10.0 Å². The molecule has 0 fully saturated rings. The van der Waals surface area contributed by atoms with E-state index in [0.717, 1.165) is 12.0 Å². The summed E-state index contributed by atoms with van der Waals surface area (Å²) in [5.41, 5.74) is 1.96. The first-order valence-corrected chi connectivity index (χ1v) is 9.45. The molecule has 0 radical (unpaired) electrons. The summed E-state index contributed by atoms with van der Waals surface area (Å²) in [5.74, 6) is 0.566. The Balaban J connectivity index is 1.80. The van der Waals surface area contributed by atoms with Gasteiger partial charge in [0.1, 0.15) is 12.4 Å². The van der Waals surface area contributed by atoms with Crippen LogP contribution in [0.2, 0.25) is 5.02 Å². The van der Waals surface area contributed by atoms with Gasteiger partial charge in [0.05, 0.1) is 5.75 Å². The molecule has 124 valence electrons. The van der Waals surface area contributed by atoms with Crippen molar-refractivity contribution in [1.82, 2.24) is 4.72 Å². The SMILES string of the molecule is CCc1ccc(OCCS(=O)(=O)NCc2ccccc2Cl)cc1. The van der Waals surface area contributed by atoms with Crippen molar-refractivity contribution in [3.05, 3.63) is 64.7 Å². The van der Waals surface area contributed by atoms with Crippen molar-refractivity contribution < 1.29 is 13.2 Å². The van der Waals surface area contributed by atoms with Gasteiger partial charge in [0.15, 0.2) is 0 Å². The average molecular weight is 354 g/mol. The third-order valence-corrected chi connectivity index (χ3v) is 5.05. The second-order valence-electron chi connectivity index (χ2n) is 5.08. The summed E-state index contributed by atoms with van der Waals surface area (Å²) in [7, 11) is -3.41. The third kappa shape index (κ3) is 5.86. The first kappa shape index (κ1) is 17.8. The molecule has 2 aromatic carbocycles. The maximum Gasteiger partial charge on any atom is 0.215 e. The Kier molecular flexibility index (Phi) is 6.45. The number of sulfonamides is 1. The number of hydrogen-bond donors (Lipinski definition) is 1. The van der Waals surface area contributed by atoms with Crippen molar-refractivity contribution in [2.45, 2.75) is 19.9 Å². The molecule has 0 amide bonds. The Morgan fingerprint density at radius 2 is 1.78 bits per heavy atom. The van der Waals surface area contributed by atoms with E-state index >= 15 is 0 Å². The molecule has 0 bridgehead atoms. The molecule has 0 saturated carbocycles. The smallest absolute Gasteiger partial charge is 0.215 e. The minimum atomic E-state index is -3.41. The Labute approximate surface area is 142 Å². The van der Waals surface area contributed by atoms with E-state index in [1.807, 2.05) is 30.3 Å². The number of hydrogen-bond acceptors (Lipinski definition) is 3. The molecule has 0 aliphatic heterocycles. The summed E-state index contributed by atoms with van der Waals surface area (Å²) in [6, 6.07) is 14.8. The zero-order valence-electron chi connectivity index (χ0n) is 13.0. The first-order chi connectivity index (χ1) is 11.0. The fourth-order valence-electron chi connectivity index (χ4n) is 1.99. The molecule has 1 N–H and O–H groups in total. The van der Waals surface area contributed by atoms with Crippen LogP contribution in [-0.4, -0.2) is 20.8 Å². The number of benzene rings is 2. The summed E-state index contributed by atoms with van der Waals surface area (Å²) in [6.07, 6.45) is 0.959. The van der Waals surface area contributed by atoms with Crippen LogP contribution in [0.5, 0.6) is 5.75 Å². The topological polar surface area (TPSA) is 55.4 Å². The van der Waals surface area contributed by atoms with Gasteiger partial charge in [-0.05, 0) is 35.7 Å². The second kappa shape index (κ2) is 8.34. The highest BCUT2D eigenvalue weighted by molar-refractivity contribution is 7.89. The molecule has 0 heterocycles. The van der Waals surface area contributed by atoms with E-state index in [1.165, 1.54) is 5.56 Å². The lowest BCUT2D eigenvalue weighted by molar-refractivity contribution is 0.340. The average Bonchev–Trinajstić information content (AvgIpc) is 2.55. The van der Waals surface area contributed by atoms with Crippen LogP contribution in [0.1, 0.15) is 18.1 Å². The van der Waals surface area contributed by atoms with Crippen LogP contribution >= 0.6 is 11.6 Å². The fraction of sp³-hybridized carbons (Fsp3) is 0.294. The quantitative estimate of drug-likeness (QED) is 0.791. The van der Waals surface area contributed by atoms with Gasteiger partial charge in [-0.2, -0.15) is 0 Å². The molecule has 6 heteroatoms. The van der Waals surface area contributed by atoms with Crippen molar-refractivity contribution in [2.75, 3.05) is 12.4 Å². The Morgan fingerprint density at radius 1 is 1.09 bits per heavy atom. The van der Waals surface area contributed by atoms with E-state index in [2.05, 4.69) is 11.6 Å². The van der Waals surface area contributed by atoms with Crippen LogP contribution < -0.4 is 9.46 Å². The van der Waals surface area contributed by atoms with Crippen molar-refractivity contribution in [1.29, 1.82) is 0 Å². The van der Waals surface area contributed by atoms with Crippen LogP contribution in [0.4, 0.5) is 0 Å². The molecule has 4 nitrogen and oxygen atoms in total. The maximum absolute atomic E-state index is 12.0. The van der Waals surface area contributed by atoms with Crippen molar-refractivity contribution in [2.24, 2.45) is 0 Å². The normalized spacial score (nSPS) is 11.4. The number of ether oxygens (including phenoxy) is 1. The highest BCUT2D eigenvalue weighted by Crippen LogP contribution is 2.15. The second-order valence-corrected chi connectivity index (χ2v) is 7.41. The Hall–Kier alpha value is -1.56. The number of aryl methyl sites for hydroxylation is 1. The van der Waals surface area contributed by atoms with Crippen molar-refractivity contribution in [3.8, 4) is 5.75 Å². The van der Waals surface area contributed by atoms with Gasteiger partial charge in [-0.1, -0.05) is 48.9 Å². The molecule has 0 atom stereocenters. The lowest BCUT2D eigenvalue weighted by Gasteiger charge is -2.09. The van der Waals surface area contributed by atoms with E-state index in [1.54, 1.807) is 18.2 Å². The predicted molar refractivity (Wildman–Crippen MR) is 93.4 cm³/mol. The van der Waals surface area contributed by atoms with Gasteiger partial charge >= 0.3 is 0 Å². The highest BCUT2D eigenvalue weighted by atomic mass is 35.5. The molecule has 0 unspecified atom stereocenters.